The number of carbonyl (C=O) groups excluding carboxylic acids is 1. The highest BCUT2D eigenvalue weighted by Gasteiger charge is 2.15. The predicted molar refractivity (Wildman–Crippen MR) is 177 cm³/mol. The molecule has 0 aliphatic carbocycles. The van der Waals surface area contributed by atoms with Crippen LogP contribution in [-0.4, -0.2) is 66.2 Å². The minimum Gasteiger partial charge on any atom is -0.493 e. The third-order valence-electron chi connectivity index (χ3n) is 6.44. The predicted octanol–water partition coefficient (Wildman–Crippen LogP) is 6.60. The SMILES string of the molecule is CCCN(CCC)S(=O)c1ccc(C=O)cc1.CNc1ccc(-c2cncc(Nc3cc(OC)c(OC)c(OC)c3)n2)cc1. The first-order valence-electron chi connectivity index (χ1n) is 14.3. The van der Waals surface area contributed by atoms with Crippen LogP contribution in [0.5, 0.6) is 17.2 Å². The van der Waals surface area contributed by atoms with Gasteiger partial charge in [0.15, 0.2) is 11.5 Å². The van der Waals surface area contributed by atoms with Crippen LogP contribution in [-0.2, 0) is 11.0 Å². The van der Waals surface area contributed by atoms with Gasteiger partial charge < -0.3 is 24.8 Å². The van der Waals surface area contributed by atoms with Gasteiger partial charge in [0, 0.05) is 54.8 Å². The normalized spacial score (nSPS) is 11.2. The number of nitrogens with one attached hydrogen (secondary N) is 2. The lowest BCUT2D eigenvalue weighted by Gasteiger charge is -2.19. The third kappa shape index (κ3) is 9.26. The number of nitrogens with zero attached hydrogens (tertiary/aromatic N) is 3. The molecule has 2 N–H and O–H groups in total. The van der Waals surface area contributed by atoms with Crippen LogP contribution >= 0.6 is 0 Å². The highest BCUT2D eigenvalue weighted by atomic mass is 32.2. The topological polar surface area (TPSA) is 115 Å². The zero-order chi connectivity index (χ0) is 31.9. The number of carbonyl (C=O) groups is 1. The molecule has 3 aromatic carbocycles. The van der Waals surface area contributed by atoms with Gasteiger partial charge in [-0.3, -0.25) is 9.78 Å². The van der Waals surface area contributed by atoms with Gasteiger partial charge in [0.1, 0.15) is 23.1 Å². The van der Waals surface area contributed by atoms with E-state index in [1.165, 1.54) is 0 Å². The fourth-order valence-electron chi connectivity index (χ4n) is 4.26. The molecule has 234 valence electrons. The van der Waals surface area contributed by atoms with E-state index >= 15 is 0 Å². The molecule has 4 rings (SSSR count). The Morgan fingerprint density at radius 3 is 1.95 bits per heavy atom. The summed E-state index contributed by atoms with van der Waals surface area (Å²) in [6.07, 6.45) is 6.16. The van der Waals surface area contributed by atoms with E-state index in [0.29, 0.717) is 28.6 Å². The molecule has 0 bridgehead atoms. The van der Waals surface area contributed by atoms with E-state index in [1.54, 1.807) is 58.0 Å². The maximum Gasteiger partial charge on any atom is 0.203 e. The molecular formula is C33H41N5O5S. The first-order valence-corrected chi connectivity index (χ1v) is 15.4. The first-order chi connectivity index (χ1) is 21.4. The monoisotopic (exact) mass is 619 g/mol. The van der Waals surface area contributed by atoms with Crippen molar-refractivity contribution in [1.82, 2.24) is 14.3 Å². The lowest BCUT2D eigenvalue weighted by Crippen LogP contribution is -2.27. The van der Waals surface area contributed by atoms with E-state index < -0.39 is 11.0 Å². The number of benzene rings is 3. The second kappa shape index (κ2) is 17.6. The Labute approximate surface area is 262 Å². The van der Waals surface area contributed by atoms with Crippen LogP contribution in [0, 0.1) is 0 Å². The van der Waals surface area contributed by atoms with Crippen molar-refractivity contribution in [2.45, 2.75) is 31.6 Å². The Bertz CT molecular complexity index is 1470. The maximum atomic E-state index is 12.3. The molecule has 0 aliphatic rings. The van der Waals surface area contributed by atoms with Gasteiger partial charge in [-0.05, 0) is 37.1 Å². The van der Waals surface area contributed by atoms with Gasteiger partial charge in [-0.25, -0.2) is 13.5 Å². The minimum atomic E-state index is -1.11. The summed E-state index contributed by atoms with van der Waals surface area (Å²) in [5, 5.41) is 6.33. The van der Waals surface area contributed by atoms with Crippen molar-refractivity contribution < 1.29 is 23.2 Å². The summed E-state index contributed by atoms with van der Waals surface area (Å²) in [7, 11) is 5.50. The second-order valence-electron chi connectivity index (χ2n) is 9.52. The molecular weight excluding hydrogens is 578 g/mol. The Hall–Kier alpha value is -4.48. The van der Waals surface area contributed by atoms with Crippen molar-refractivity contribution in [3.63, 3.8) is 0 Å². The molecule has 1 aromatic heterocycles. The number of aldehydes is 1. The Morgan fingerprint density at radius 1 is 0.841 bits per heavy atom. The lowest BCUT2D eigenvalue weighted by atomic mass is 10.1. The molecule has 10 nitrogen and oxygen atoms in total. The van der Waals surface area contributed by atoms with E-state index in [0.717, 1.165) is 59.7 Å². The molecule has 0 fully saturated rings. The van der Waals surface area contributed by atoms with Crippen molar-refractivity contribution in [2.24, 2.45) is 0 Å². The van der Waals surface area contributed by atoms with Gasteiger partial charge in [-0.1, -0.05) is 38.1 Å². The first kappa shape index (κ1) is 34.0. The molecule has 1 unspecified atom stereocenters. The van der Waals surface area contributed by atoms with Gasteiger partial charge in [0.2, 0.25) is 5.75 Å². The Kier molecular flexibility index (Phi) is 13.6. The average molecular weight is 620 g/mol. The van der Waals surface area contributed by atoms with Crippen LogP contribution in [0.3, 0.4) is 0 Å². The molecule has 1 heterocycles. The molecule has 44 heavy (non-hydrogen) atoms. The summed E-state index contributed by atoms with van der Waals surface area (Å²) in [4.78, 5) is 20.2. The third-order valence-corrected chi connectivity index (χ3v) is 7.95. The van der Waals surface area contributed by atoms with E-state index in [4.69, 9.17) is 14.2 Å². The Morgan fingerprint density at radius 2 is 1.45 bits per heavy atom. The molecule has 0 aliphatic heterocycles. The summed E-state index contributed by atoms with van der Waals surface area (Å²) in [6.45, 7) is 5.82. The molecule has 0 amide bonds. The van der Waals surface area contributed by atoms with Crippen LogP contribution in [0.4, 0.5) is 17.2 Å². The van der Waals surface area contributed by atoms with E-state index in [1.807, 2.05) is 47.8 Å². The van der Waals surface area contributed by atoms with Gasteiger partial charge in [0.05, 0.1) is 44.3 Å². The molecule has 1 atom stereocenters. The minimum absolute atomic E-state index is 0.537. The van der Waals surface area contributed by atoms with Crippen LogP contribution in [0.1, 0.15) is 37.0 Å². The molecule has 11 heteroatoms. The molecule has 0 saturated carbocycles. The average Bonchev–Trinajstić information content (AvgIpc) is 3.07. The van der Waals surface area contributed by atoms with Crippen molar-refractivity contribution in [2.75, 3.05) is 52.1 Å². The number of rotatable bonds is 14. The van der Waals surface area contributed by atoms with E-state index in [-0.39, 0.29) is 0 Å². The zero-order valence-corrected chi connectivity index (χ0v) is 26.9. The summed E-state index contributed by atoms with van der Waals surface area (Å²) in [5.41, 5.74) is 4.16. The summed E-state index contributed by atoms with van der Waals surface area (Å²) in [5.74, 6) is 2.27. The zero-order valence-electron chi connectivity index (χ0n) is 26.1. The van der Waals surface area contributed by atoms with Crippen molar-refractivity contribution in [3.05, 3.63) is 78.6 Å². The fourth-order valence-corrected chi connectivity index (χ4v) is 5.63. The van der Waals surface area contributed by atoms with Crippen molar-refractivity contribution >= 4 is 34.5 Å². The number of ether oxygens (including phenoxy) is 3. The fraction of sp³-hybridized carbons (Fsp3) is 0.303. The van der Waals surface area contributed by atoms with Crippen molar-refractivity contribution in [3.8, 4) is 28.5 Å². The highest BCUT2D eigenvalue weighted by Crippen LogP contribution is 2.40. The largest absolute Gasteiger partial charge is 0.493 e. The van der Waals surface area contributed by atoms with Crippen LogP contribution in [0.25, 0.3) is 11.3 Å². The van der Waals surface area contributed by atoms with Crippen molar-refractivity contribution in [1.29, 1.82) is 0 Å². The Balaban J connectivity index is 0.000000269. The highest BCUT2D eigenvalue weighted by molar-refractivity contribution is 7.82. The summed E-state index contributed by atoms with van der Waals surface area (Å²) in [6, 6.07) is 18.6. The van der Waals surface area contributed by atoms with Gasteiger partial charge in [-0.2, -0.15) is 0 Å². The summed E-state index contributed by atoms with van der Waals surface area (Å²) < 4.78 is 30.4. The van der Waals surface area contributed by atoms with E-state index in [9.17, 15) is 9.00 Å². The number of methoxy groups -OCH3 is 3. The number of aromatic nitrogens is 2. The van der Waals surface area contributed by atoms with Gasteiger partial charge in [0.25, 0.3) is 0 Å². The standard InChI is InChI=1S/C20H22N4O3.C13H19NO2S/c1-21-14-7-5-13(6-8-14)16-11-22-12-19(24-16)23-15-9-17(25-2)20(27-4)18(10-15)26-3;1-3-9-14(10-4-2)17(16)13-7-5-12(11-15)6-8-13/h5-12,21H,1-4H3,(H,23,24);5-8,11H,3-4,9-10H2,1-2H3. The number of hydrogen-bond acceptors (Lipinski definition) is 9. The van der Waals surface area contributed by atoms with Gasteiger partial charge in [-0.15, -0.1) is 0 Å². The molecule has 4 aromatic rings. The number of anilines is 3. The van der Waals surface area contributed by atoms with E-state index in [2.05, 4.69) is 34.4 Å². The molecule has 0 radical (unpaired) electrons. The molecule has 0 saturated heterocycles. The van der Waals surface area contributed by atoms with Gasteiger partial charge >= 0.3 is 0 Å². The lowest BCUT2D eigenvalue weighted by molar-refractivity contribution is 0.112. The van der Waals surface area contributed by atoms with Crippen LogP contribution < -0.4 is 24.8 Å². The van der Waals surface area contributed by atoms with Crippen LogP contribution in [0.15, 0.2) is 78.0 Å². The second-order valence-corrected chi connectivity index (χ2v) is 11.0. The quantitative estimate of drug-likeness (QED) is 0.151. The molecule has 0 spiro atoms. The smallest absolute Gasteiger partial charge is 0.203 e. The number of hydrogen-bond donors (Lipinski definition) is 2. The van der Waals surface area contributed by atoms with Crippen LogP contribution in [0.2, 0.25) is 0 Å². The maximum absolute atomic E-state index is 12.3. The summed E-state index contributed by atoms with van der Waals surface area (Å²) >= 11 is 0.